The molecule has 0 heterocycles. The Morgan fingerprint density at radius 1 is 1.11 bits per heavy atom. The van der Waals surface area contributed by atoms with E-state index in [1.54, 1.807) is 12.2 Å². The van der Waals surface area contributed by atoms with E-state index >= 15 is 0 Å². The number of aliphatic hydroxyl groups is 2. The van der Waals surface area contributed by atoms with E-state index < -0.39 is 36.1 Å². The van der Waals surface area contributed by atoms with Crippen molar-refractivity contribution in [2.75, 3.05) is 0 Å². The summed E-state index contributed by atoms with van der Waals surface area (Å²) < 4.78 is 0. The number of aliphatic carboxylic acids is 1. The lowest BCUT2D eigenvalue weighted by Crippen LogP contribution is -2.41. The number of Topliss-reactive ketones (excluding diaryl/α,β-unsaturated/α-hetero) is 2. The quantitative estimate of drug-likeness (QED) is 0.161. The number of aliphatic hydroxyl groups excluding tert-OH is 2. The minimum Gasteiger partial charge on any atom is -0.480 e. The maximum atomic E-state index is 12.6. The molecule has 2 aliphatic carbocycles. The summed E-state index contributed by atoms with van der Waals surface area (Å²) in [6, 6.07) is -0.913. The topological polar surface area (TPSA) is 141 Å². The van der Waals surface area contributed by atoms with Crippen molar-refractivity contribution in [1.82, 2.24) is 5.32 Å². The molecule has 0 unspecified atom stereocenters. The molecule has 0 aromatic carbocycles. The number of unbranched alkanes of at least 4 members (excludes halogenated alkanes) is 2. The lowest BCUT2D eigenvalue weighted by atomic mass is 9.87. The fourth-order valence-corrected chi connectivity index (χ4v) is 5.98. The minimum absolute atomic E-state index is 0.0207. The molecule has 0 aromatic rings. The molecule has 0 radical (unpaired) electrons. The monoisotopic (exact) mass is 535 g/mol. The molecule has 2 rings (SSSR count). The molecule has 2 aliphatic rings. The van der Waals surface area contributed by atoms with Crippen LogP contribution in [0.25, 0.3) is 0 Å². The second-order valence-corrected chi connectivity index (χ2v) is 11.9. The van der Waals surface area contributed by atoms with Gasteiger partial charge in [0.05, 0.1) is 12.2 Å². The van der Waals surface area contributed by atoms with E-state index in [4.69, 9.17) is 0 Å². The number of carboxylic acids is 1. The number of rotatable bonds is 17. The van der Waals surface area contributed by atoms with Crippen molar-refractivity contribution in [3.05, 3.63) is 12.2 Å². The van der Waals surface area contributed by atoms with Crippen LogP contribution in [0.1, 0.15) is 104 Å². The zero-order valence-corrected chi connectivity index (χ0v) is 23.4. The Morgan fingerprint density at radius 3 is 2.47 bits per heavy atom. The second kappa shape index (κ2) is 16.1. The fraction of sp³-hybridized carbons (Fsp3) is 0.800. The number of carbonyl (C=O) groups excluding carboxylic acids is 3. The Morgan fingerprint density at radius 2 is 1.82 bits per heavy atom. The van der Waals surface area contributed by atoms with Gasteiger partial charge in [0.1, 0.15) is 17.6 Å². The number of carbonyl (C=O) groups is 4. The molecule has 2 saturated carbocycles. The molecular formula is C30H49NO7. The predicted molar refractivity (Wildman–Crippen MR) is 145 cm³/mol. The number of amides is 1. The summed E-state index contributed by atoms with van der Waals surface area (Å²) in [4.78, 5) is 48.5. The van der Waals surface area contributed by atoms with Gasteiger partial charge in [-0.3, -0.25) is 14.4 Å². The van der Waals surface area contributed by atoms with Crippen molar-refractivity contribution in [2.45, 2.75) is 122 Å². The van der Waals surface area contributed by atoms with Crippen molar-refractivity contribution >= 4 is 23.4 Å². The Bertz CT molecular complexity index is 823. The predicted octanol–water partition coefficient (Wildman–Crippen LogP) is 4.21. The van der Waals surface area contributed by atoms with E-state index in [0.29, 0.717) is 25.2 Å². The standard InChI is InChI=1S/C30H49NO7/c1-4-5-8-20-11-12-21(16-20)26(33)14-13-23-24(28(35)18-27(23)34)17-22(32)9-6-7-10-29(36)31-25(30(37)38)15-19(2)3/h13-14,19-21,23-27,33-34H,4-12,15-18H2,1-3H3,(H,31,36)(H,37,38)/b14-13+/t20-,21-,23+,24+,25-,26+,27+/m0/s1. The Balaban J connectivity index is 1.78. The van der Waals surface area contributed by atoms with Gasteiger partial charge in [-0.25, -0.2) is 4.79 Å². The number of hydrogen-bond acceptors (Lipinski definition) is 6. The fourth-order valence-electron chi connectivity index (χ4n) is 5.98. The van der Waals surface area contributed by atoms with Crippen LogP contribution >= 0.6 is 0 Å². The van der Waals surface area contributed by atoms with Gasteiger partial charge >= 0.3 is 5.97 Å². The smallest absolute Gasteiger partial charge is 0.326 e. The molecule has 0 aromatic heterocycles. The van der Waals surface area contributed by atoms with Crippen molar-refractivity contribution < 1.29 is 34.5 Å². The highest BCUT2D eigenvalue weighted by molar-refractivity contribution is 5.90. The van der Waals surface area contributed by atoms with Gasteiger partial charge in [-0.2, -0.15) is 0 Å². The van der Waals surface area contributed by atoms with Crippen molar-refractivity contribution in [2.24, 2.45) is 29.6 Å². The molecule has 216 valence electrons. The summed E-state index contributed by atoms with van der Waals surface area (Å²) in [7, 11) is 0. The first-order valence-electron chi connectivity index (χ1n) is 14.6. The van der Waals surface area contributed by atoms with Crippen molar-refractivity contribution in [3.8, 4) is 0 Å². The third-order valence-electron chi connectivity index (χ3n) is 8.19. The van der Waals surface area contributed by atoms with E-state index in [1.807, 2.05) is 13.8 Å². The highest BCUT2D eigenvalue weighted by Crippen LogP contribution is 2.38. The van der Waals surface area contributed by atoms with Crippen LogP contribution in [0.4, 0.5) is 0 Å². The minimum atomic E-state index is -1.05. The van der Waals surface area contributed by atoms with Gasteiger partial charge in [-0.15, -0.1) is 0 Å². The third kappa shape index (κ3) is 10.6. The van der Waals surface area contributed by atoms with E-state index in [2.05, 4.69) is 12.2 Å². The molecular weight excluding hydrogens is 486 g/mol. The van der Waals surface area contributed by atoms with Gasteiger partial charge in [0.15, 0.2) is 0 Å². The summed E-state index contributed by atoms with van der Waals surface area (Å²) in [5.74, 6) is -1.67. The maximum Gasteiger partial charge on any atom is 0.326 e. The van der Waals surface area contributed by atoms with Crippen LogP contribution in [0.5, 0.6) is 0 Å². The molecule has 0 bridgehead atoms. The molecule has 7 atom stereocenters. The largest absolute Gasteiger partial charge is 0.480 e. The van der Waals surface area contributed by atoms with Gasteiger partial charge in [-0.05, 0) is 49.9 Å². The van der Waals surface area contributed by atoms with Crippen LogP contribution in [0.2, 0.25) is 0 Å². The van der Waals surface area contributed by atoms with E-state index in [0.717, 1.165) is 19.3 Å². The summed E-state index contributed by atoms with van der Waals surface area (Å²) in [6.45, 7) is 5.97. The summed E-state index contributed by atoms with van der Waals surface area (Å²) in [5.41, 5.74) is 0. The van der Waals surface area contributed by atoms with Crippen LogP contribution in [0.15, 0.2) is 12.2 Å². The zero-order valence-electron chi connectivity index (χ0n) is 23.4. The summed E-state index contributed by atoms with van der Waals surface area (Å²) in [6.07, 6.45) is 10.4. The first-order valence-corrected chi connectivity index (χ1v) is 14.6. The molecule has 8 heteroatoms. The Kier molecular flexibility index (Phi) is 13.7. The second-order valence-electron chi connectivity index (χ2n) is 11.9. The molecule has 2 fully saturated rings. The van der Waals surface area contributed by atoms with Crippen LogP contribution in [-0.2, 0) is 19.2 Å². The SMILES string of the molecule is CCCC[C@H]1CC[C@H]([C@H](O)/C=C/[C@H]2[C@H](O)CC(=O)[C@@H]2CC(=O)CCCCC(=O)N[C@@H](CC(C)C)C(=O)O)C1. The summed E-state index contributed by atoms with van der Waals surface area (Å²) in [5, 5.41) is 32.9. The highest BCUT2D eigenvalue weighted by atomic mass is 16.4. The molecule has 0 saturated heterocycles. The average molecular weight is 536 g/mol. The number of hydrogen-bond donors (Lipinski definition) is 4. The van der Waals surface area contributed by atoms with E-state index in [-0.39, 0.29) is 55.0 Å². The van der Waals surface area contributed by atoms with Gasteiger partial charge in [-0.1, -0.05) is 58.6 Å². The van der Waals surface area contributed by atoms with E-state index in [9.17, 15) is 34.5 Å². The molecule has 4 N–H and O–H groups in total. The van der Waals surface area contributed by atoms with Gasteiger partial charge in [0.2, 0.25) is 5.91 Å². The van der Waals surface area contributed by atoms with E-state index in [1.165, 1.54) is 19.3 Å². The molecule has 38 heavy (non-hydrogen) atoms. The van der Waals surface area contributed by atoms with Gasteiger partial charge in [0, 0.05) is 37.5 Å². The first-order chi connectivity index (χ1) is 18.0. The van der Waals surface area contributed by atoms with Crippen LogP contribution in [0.3, 0.4) is 0 Å². The van der Waals surface area contributed by atoms with Crippen LogP contribution in [0, 0.1) is 29.6 Å². The maximum absolute atomic E-state index is 12.6. The Hall–Kier alpha value is -2.06. The normalized spacial score (nSPS) is 27.2. The molecule has 0 aliphatic heterocycles. The average Bonchev–Trinajstić information content (AvgIpc) is 3.42. The lowest BCUT2D eigenvalue weighted by molar-refractivity contribution is -0.142. The van der Waals surface area contributed by atoms with Gasteiger partial charge in [0.25, 0.3) is 0 Å². The van der Waals surface area contributed by atoms with Crippen LogP contribution in [-0.4, -0.2) is 57.0 Å². The van der Waals surface area contributed by atoms with Crippen LogP contribution < -0.4 is 5.32 Å². The molecule has 8 nitrogen and oxygen atoms in total. The number of nitrogens with one attached hydrogen (secondary N) is 1. The third-order valence-corrected chi connectivity index (χ3v) is 8.19. The molecule has 1 amide bonds. The van der Waals surface area contributed by atoms with Crippen molar-refractivity contribution in [3.63, 3.8) is 0 Å². The zero-order chi connectivity index (χ0) is 28.2. The summed E-state index contributed by atoms with van der Waals surface area (Å²) >= 11 is 0. The molecule has 0 spiro atoms. The van der Waals surface area contributed by atoms with Crippen molar-refractivity contribution in [1.29, 1.82) is 0 Å². The lowest BCUT2D eigenvalue weighted by Gasteiger charge is -2.19. The Labute approximate surface area is 227 Å². The first kappa shape index (κ1) is 32.2. The highest BCUT2D eigenvalue weighted by Gasteiger charge is 2.41. The van der Waals surface area contributed by atoms with Gasteiger partial charge < -0.3 is 20.6 Å². The number of carboxylic acid groups (broad SMARTS) is 1. The number of ketones is 2.